The lowest BCUT2D eigenvalue weighted by molar-refractivity contribution is 0.845. The van der Waals surface area contributed by atoms with Crippen LogP contribution in [-0.2, 0) is 0 Å². The molecule has 0 fully saturated rings. The summed E-state index contributed by atoms with van der Waals surface area (Å²) in [5.74, 6) is 0. The van der Waals surface area contributed by atoms with E-state index in [1.165, 1.54) is 5.56 Å². The van der Waals surface area contributed by atoms with E-state index in [1.807, 2.05) is 6.92 Å². The van der Waals surface area contributed by atoms with Crippen molar-refractivity contribution in [3.63, 3.8) is 0 Å². The van der Waals surface area contributed by atoms with Crippen LogP contribution in [0.5, 0.6) is 0 Å². The quantitative estimate of drug-likeness (QED) is 0.889. The third kappa shape index (κ3) is 3.07. The number of anilines is 1. The van der Waals surface area contributed by atoms with E-state index in [0.717, 1.165) is 20.9 Å². The summed E-state index contributed by atoms with van der Waals surface area (Å²) in [6.45, 7) is 6.24. The van der Waals surface area contributed by atoms with Gasteiger partial charge in [0.2, 0.25) is 0 Å². The van der Waals surface area contributed by atoms with Crippen molar-refractivity contribution >= 4 is 33.0 Å². The Hall–Kier alpha value is -0.870. The van der Waals surface area contributed by atoms with E-state index < -0.39 is 0 Å². The number of hydrogen-bond donors (Lipinski definition) is 1. The smallest absolute Gasteiger partial charge is 0.0898 e. The van der Waals surface area contributed by atoms with Gasteiger partial charge in [0, 0.05) is 15.5 Å². The van der Waals surface area contributed by atoms with Crippen LogP contribution in [-0.4, -0.2) is 4.98 Å². The lowest BCUT2D eigenvalue weighted by Crippen LogP contribution is -2.07. The van der Waals surface area contributed by atoms with Crippen molar-refractivity contribution < 1.29 is 0 Å². The third-order valence-electron chi connectivity index (χ3n) is 2.64. The molecule has 2 aromatic rings. The van der Waals surface area contributed by atoms with Gasteiger partial charge < -0.3 is 5.32 Å². The van der Waals surface area contributed by atoms with Crippen LogP contribution in [0.3, 0.4) is 0 Å². The minimum atomic E-state index is 0.231. The fourth-order valence-corrected chi connectivity index (χ4v) is 2.67. The van der Waals surface area contributed by atoms with Gasteiger partial charge in [-0.1, -0.05) is 22.0 Å². The van der Waals surface area contributed by atoms with Crippen LogP contribution in [0, 0.1) is 13.8 Å². The maximum Gasteiger partial charge on any atom is 0.0898 e. The molecule has 0 amide bonds. The average molecular weight is 311 g/mol. The number of nitrogens with zero attached hydrogens (tertiary/aromatic N) is 1. The van der Waals surface area contributed by atoms with E-state index in [2.05, 4.69) is 63.7 Å². The second-order valence-corrected chi connectivity index (χ2v) is 6.04. The Kier molecular flexibility index (Phi) is 3.84. The number of aromatic nitrogens is 1. The van der Waals surface area contributed by atoms with Crippen molar-refractivity contribution in [3.05, 3.63) is 44.3 Å². The number of benzene rings is 1. The molecule has 1 atom stereocenters. The molecule has 4 heteroatoms. The third-order valence-corrected chi connectivity index (χ3v) is 4.28. The van der Waals surface area contributed by atoms with Crippen molar-refractivity contribution in [1.82, 2.24) is 4.98 Å². The molecule has 0 aliphatic rings. The maximum absolute atomic E-state index is 4.49. The Bertz CT molecular complexity index is 522. The number of aryl methyl sites for hydroxylation is 2. The van der Waals surface area contributed by atoms with Crippen LogP contribution in [0.1, 0.15) is 29.2 Å². The molecular formula is C13H15BrN2S. The minimum Gasteiger partial charge on any atom is -0.377 e. The number of thiazole rings is 1. The van der Waals surface area contributed by atoms with Crippen molar-refractivity contribution in [2.24, 2.45) is 0 Å². The van der Waals surface area contributed by atoms with Crippen LogP contribution in [0.2, 0.25) is 0 Å². The molecule has 1 aromatic carbocycles. The summed E-state index contributed by atoms with van der Waals surface area (Å²) in [6, 6.07) is 6.53. The first-order chi connectivity index (χ1) is 8.06. The van der Waals surface area contributed by atoms with Gasteiger partial charge in [-0.2, -0.15) is 0 Å². The second kappa shape index (κ2) is 5.19. The molecule has 0 saturated carbocycles. The predicted octanol–water partition coefficient (Wildman–Crippen LogP) is 4.70. The van der Waals surface area contributed by atoms with E-state index in [9.17, 15) is 0 Å². The number of halogens is 1. The highest BCUT2D eigenvalue weighted by Gasteiger charge is 2.09. The molecule has 90 valence electrons. The van der Waals surface area contributed by atoms with Crippen LogP contribution in [0.15, 0.2) is 28.1 Å². The monoisotopic (exact) mass is 310 g/mol. The minimum absolute atomic E-state index is 0.231. The fraction of sp³-hybridized carbons (Fsp3) is 0.308. The fourth-order valence-electron chi connectivity index (χ4n) is 1.59. The summed E-state index contributed by atoms with van der Waals surface area (Å²) in [5.41, 5.74) is 3.46. The van der Waals surface area contributed by atoms with Crippen LogP contribution >= 0.6 is 27.3 Å². The summed E-state index contributed by atoms with van der Waals surface area (Å²) in [6.07, 6.45) is 0. The normalized spacial score (nSPS) is 12.5. The number of rotatable bonds is 3. The van der Waals surface area contributed by atoms with Gasteiger partial charge in [-0.25, -0.2) is 4.98 Å². The van der Waals surface area contributed by atoms with Crippen LogP contribution < -0.4 is 5.32 Å². The largest absolute Gasteiger partial charge is 0.377 e. The molecule has 0 aliphatic carbocycles. The first-order valence-corrected chi connectivity index (χ1v) is 7.18. The molecule has 1 aromatic heterocycles. The summed E-state index contributed by atoms with van der Waals surface area (Å²) < 4.78 is 1.13. The SMILES string of the molecule is Cc1nc(C(C)Nc2ccc(C)c(Br)c2)cs1. The highest BCUT2D eigenvalue weighted by molar-refractivity contribution is 9.10. The van der Waals surface area contributed by atoms with Gasteiger partial charge >= 0.3 is 0 Å². The molecule has 2 rings (SSSR count). The average Bonchev–Trinajstić information content (AvgIpc) is 2.70. The lowest BCUT2D eigenvalue weighted by Gasteiger charge is -2.14. The zero-order chi connectivity index (χ0) is 12.4. The molecule has 1 N–H and O–H groups in total. The summed E-state index contributed by atoms with van der Waals surface area (Å²) in [5, 5.41) is 6.67. The first kappa shape index (κ1) is 12.6. The summed E-state index contributed by atoms with van der Waals surface area (Å²) in [4.78, 5) is 4.49. The van der Waals surface area contributed by atoms with E-state index in [4.69, 9.17) is 0 Å². The highest BCUT2D eigenvalue weighted by Crippen LogP contribution is 2.25. The molecule has 0 saturated heterocycles. The van der Waals surface area contributed by atoms with E-state index in [-0.39, 0.29) is 6.04 Å². The Morgan fingerprint density at radius 2 is 2.12 bits per heavy atom. The van der Waals surface area contributed by atoms with Gasteiger partial charge in [0.15, 0.2) is 0 Å². The van der Waals surface area contributed by atoms with Crippen LogP contribution in [0.25, 0.3) is 0 Å². The molecule has 0 radical (unpaired) electrons. The van der Waals surface area contributed by atoms with Crippen molar-refractivity contribution in [2.45, 2.75) is 26.8 Å². The van der Waals surface area contributed by atoms with Gasteiger partial charge in [-0.05, 0) is 38.5 Å². The van der Waals surface area contributed by atoms with E-state index in [0.29, 0.717) is 0 Å². The van der Waals surface area contributed by atoms with Crippen molar-refractivity contribution in [2.75, 3.05) is 5.32 Å². The van der Waals surface area contributed by atoms with Gasteiger partial charge in [-0.15, -0.1) is 11.3 Å². The van der Waals surface area contributed by atoms with E-state index >= 15 is 0 Å². The lowest BCUT2D eigenvalue weighted by atomic mass is 10.2. The molecule has 17 heavy (non-hydrogen) atoms. The molecule has 1 unspecified atom stereocenters. The molecule has 0 bridgehead atoms. The zero-order valence-electron chi connectivity index (χ0n) is 10.1. The molecule has 1 heterocycles. The van der Waals surface area contributed by atoms with Crippen LogP contribution in [0.4, 0.5) is 5.69 Å². The Morgan fingerprint density at radius 3 is 2.71 bits per heavy atom. The standard InChI is InChI=1S/C13H15BrN2S/c1-8-4-5-11(6-12(8)14)15-9(2)13-7-17-10(3)16-13/h4-7,9,15H,1-3H3. The highest BCUT2D eigenvalue weighted by atomic mass is 79.9. The molecule has 0 aliphatic heterocycles. The molecule has 2 nitrogen and oxygen atoms in total. The number of nitrogens with one attached hydrogen (secondary N) is 1. The second-order valence-electron chi connectivity index (χ2n) is 4.12. The van der Waals surface area contributed by atoms with Gasteiger partial charge in [0.05, 0.1) is 16.7 Å². The van der Waals surface area contributed by atoms with Gasteiger partial charge in [0.1, 0.15) is 0 Å². The Labute approximate surface area is 114 Å². The summed E-state index contributed by atoms with van der Waals surface area (Å²) >= 11 is 5.23. The maximum atomic E-state index is 4.49. The van der Waals surface area contributed by atoms with Crippen molar-refractivity contribution in [3.8, 4) is 0 Å². The van der Waals surface area contributed by atoms with Gasteiger partial charge in [-0.3, -0.25) is 0 Å². The zero-order valence-corrected chi connectivity index (χ0v) is 12.5. The molecular weight excluding hydrogens is 296 g/mol. The first-order valence-electron chi connectivity index (χ1n) is 5.51. The number of hydrogen-bond acceptors (Lipinski definition) is 3. The topological polar surface area (TPSA) is 24.9 Å². The summed E-state index contributed by atoms with van der Waals surface area (Å²) in [7, 11) is 0. The van der Waals surface area contributed by atoms with Crippen molar-refractivity contribution in [1.29, 1.82) is 0 Å². The van der Waals surface area contributed by atoms with Gasteiger partial charge in [0.25, 0.3) is 0 Å². The Balaban J connectivity index is 2.12. The molecule has 0 spiro atoms. The Morgan fingerprint density at radius 1 is 1.35 bits per heavy atom. The van der Waals surface area contributed by atoms with E-state index in [1.54, 1.807) is 11.3 Å². The predicted molar refractivity (Wildman–Crippen MR) is 77.8 cm³/mol.